The summed E-state index contributed by atoms with van der Waals surface area (Å²) in [6, 6.07) is 6.31. The number of Topliss-reactive ketones (excluding diaryl/α,β-unsaturated/α-hetero) is 1. The van der Waals surface area contributed by atoms with Crippen molar-refractivity contribution in [1.29, 1.82) is 0 Å². The Bertz CT molecular complexity index is 1030. The van der Waals surface area contributed by atoms with Crippen LogP contribution in [-0.2, 0) is 9.59 Å². The summed E-state index contributed by atoms with van der Waals surface area (Å²) in [7, 11) is 2.91. The maximum Gasteiger partial charge on any atom is 0.276 e. The number of amides is 1. The minimum absolute atomic E-state index is 0.165. The monoisotopic (exact) mass is 497 g/mol. The average Bonchev–Trinajstić information content (AvgIpc) is 2.80. The largest absolute Gasteiger partial charge is 0.497 e. The molecule has 9 nitrogen and oxygen atoms in total. The van der Waals surface area contributed by atoms with Gasteiger partial charge in [0.25, 0.3) is 5.91 Å². The lowest BCUT2D eigenvalue weighted by Crippen LogP contribution is -2.36. The number of ketones is 1. The lowest BCUT2D eigenvalue weighted by molar-refractivity contribution is -0.126. The van der Waals surface area contributed by atoms with E-state index in [1.807, 2.05) is 6.92 Å². The van der Waals surface area contributed by atoms with Crippen molar-refractivity contribution in [2.45, 2.75) is 26.8 Å². The molecule has 0 aromatic heterocycles. The minimum Gasteiger partial charge on any atom is -0.497 e. The van der Waals surface area contributed by atoms with Gasteiger partial charge in [-0.05, 0) is 32.9 Å². The molecule has 0 aliphatic rings. The first-order valence-corrected chi connectivity index (χ1v) is 10.7. The standard InChI is InChI=1S/C22H25Cl2N3O6/c1-6-32-15-10-16(20(23)19(12-15)33-7-2)25-26-21(13(3)28)22(29)27(24)17-9-8-14(30-4)11-18(17)31-5/h8-12,21H,6-7H2,1-5H3. The molecule has 0 fully saturated rings. The highest BCUT2D eigenvalue weighted by Gasteiger charge is 2.30. The van der Waals surface area contributed by atoms with Crippen molar-refractivity contribution in [1.82, 2.24) is 0 Å². The van der Waals surface area contributed by atoms with Gasteiger partial charge in [-0.2, -0.15) is 10.2 Å². The first-order valence-electron chi connectivity index (χ1n) is 9.99. The van der Waals surface area contributed by atoms with Crippen LogP contribution in [0.15, 0.2) is 40.6 Å². The second-order valence-electron chi connectivity index (χ2n) is 6.51. The van der Waals surface area contributed by atoms with Gasteiger partial charge < -0.3 is 18.9 Å². The fourth-order valence-electron chi connectivity index (χ4n) is 2.74. The summed E-state index contributed by atoms with van der Waals surface area (Å²) >= 11 is 12.6. The van der Waals surface area contributed by atoms with Crippen molar-refractivity contribution < 1.29 is 28.5 Å². The van der Waals surface area contributed by atoms with Crippen LogP contribution in [0.25, 0.3) is 0 Å². The van der Waals surface area contributed by atoms with Crippen molar-refractivity contribution in [2.75, 3.05) is 31.9 Å². The molecule has 0 bridgehead atoms. The molecule has 0 heterocycles. The van der Waals surface area contributed by atoms with E-state index < -0.39 is 17.7 Å². The number of azo groups is 1. The van der Waals surface area contributed by atoms with Crippen LogP contribution in [0.5, 0.6) is 23.0 Å². The maximum absolute atomic E-state index is 13.0. The van der Waals surface area contributed by atoms with Crippen LogP contribution in [0.1, 0.15) is 20.8 Å². The SMILES string of the molecule is CCOc1cc(N=NC(C(C)=O)C(=O)N(Cl)c2ccc(OC)cc2OC)c(Cl)c(OCC)c1. The van der Waals surface area contributed by atoms with Crippen molar-refractivity contribution in [3.05, 3.63) is 35.4 Å². The number of rotatable bonds is 11. The Labute approximate surface area is 202 Å². The second-order valence-corrected chi connectivity index (χ2v) is 7.22. The van der Waals surface area contributed by atoms with E-state index in [1.54, 1.807) is 25.1 Å². The third kappa shape index (κ3) is 6.49. The molecule has 33 heavy (non-hydrogen) atoms. The van der Waals surface area contributed by atoms with Crippen molar-refractivity contribution in [3.63, 3.8) is 0 Å². The number of halogens is 2. The van der Waals surface area contributed by atoms with Crippen molar-refractivity contribution in [2.24, 2.45) is 10.2 Å². The van der Waals surface area contributed by atoms with Gasteiger partial charge in [-0.25, -0.2) is 4.42 Å². The lowest BCUT2D eigenvalue weighted by atomic mass is 10.2. The van der Waals surface area contributed by atoms with E-state index in [2.05, 4.69) is 10.2 Å². The number of carbonyl (C=O) groups is 2. The van der Waals surface area contributed by atoms with E-state index in [9.17, 15) is 9.59 Å². The summed E-state index contributed by atoms with van der Waals surface area (Å²) in [5, 5.41) is 8.13. The van der Waals surface area contributed by atoms with Crippen molar-refractivity contribution in [3.8, 4) is 23.0 Å². The van der Waals surface area contributed by atoms with E-state index in [4.69, 9.17) is 42.3 Å². The Morgan fingerprint density at radius 1 is 1.00 bits per heavy atom. The van der Waals surface area contributed by atoms with Gasteiger partial charge in [-0.15, -0.1) is 0 Å². The first-order chi connectivity index (χ1) is 15.8. The van der Waals surface area contributed by atoms with Crippen LogP contribution in [0.2, 0.25) is 5.02 Å². The molecule has 0 saturated heterocycles. The molecule has 0 saturated carbocycles. The maximum atomic E-state index is 13.0. The van der Waals surface area contributed by atoms with Gasteiger partial charge in [0.15, 0.2) is 5.78 Å². The number of carbonyl (C=O) groups excluding carboxylic acids is 2. The first kappa shape index (κ1) is 26.2. The summed E-state index contributed by atoms with van der Waals surface area (Å²) < 4.78 is 22.2. The molecule has 0 N–H and O–H groups in total. The van der Waals surface area contributed by atoms with Crippen LogP contribution in [0.4, 0.5) is 11.4 Å². The van der Waals surface area contributed by atoms with E-state index in [1.165, 1.54) is 33.3 Å². The molecule has 2 rings (SSSR count). The van der Waals surface area contributed by atoms with Gasteiger partial charge in [-0.1, -0.05) is 11.6 Å². The number of benzene rings is 2. The Hall–Kier alpha value is -3.04. The Kier molecular flexibility index (Phi) is 9.74. The summed E-state index contributed by atoms with van der Waals surface area (Å²) in [5.74, 6) is 0.178. The Balaban J connectivity index is 2.40. The molecule has 0 spiro atoms. The molecule has 2 aromatic carbocycles. The number of hydrogen-bond acceptors (Lipinski definition) is 8. The highest BCUT2D eigenvalue weighted by Crippen LogP contribution is 2.39. The lowest BCUT2D eigenvalue weighted by Gasteiger charge is -2.19. The number of hydrogen-bond donors (Lipinski definition) is 0. The zero-order valence-corrected chi connectivity index (χ0v) is 20.4. The topological polar surface area (TPSA) is 99.0 Å². The van der Waals surface area contributed by atoms with Gasteiger partial charge in [0.2, 0.25) is 6.04 Å². The molecule has 1 atom stereocenters. The highest BCUT2D eigenvalue weighted by atomic mass is 35.5. The summed E-state index contributed by atoms with van der Waals surface area (Å²) in [6.07, 6.45) is 0. The third-order valence-electron chi connectivity index (χ3n) is 4.30. The van der Waals surface area contributed by atoms with Crippen molar-refractivity contribution >= 4 is 46.4 Å². The predicted molar refractivity (Wildman–Crippen MR) is 126 cm³/mol. The molecule has 178 valence electrons. The van der Waals surface area contributed by atoms with Crippen LogP contribution >= 0.6 is 23.4 Å². The third-order valence-corrected chi connectivity index (χ3v) is 5.02. The zero-order valence-electron chi connectivity index (χ0n) is 18.9. The number of nitrogens with zero attached hydrogens (tertiary/aromatic N) is 3. The predicted octanol–water partition coefficient (Wildman–Crippen LogP) is 5.38. The van der Waals surface area contributed by atoms with E-state index in [-0.39, 0.29) is 22.1 Å². The smallest absolute Gasteiger partial charge is 0.276 e. The molecule has 2 aromatic rings. The van der Waals surface area contributed by atoms with E-state index in [0.717, 1.165) is 4.42 Å². The Morgan fingerprint density at radius 2 is 1.67 bits per heavy atom. The quantitative estimate of drug-likeness (QED) is 0.234. The molecule has 0 aliphatic carbocycles. The molecule has 1 unspecified atom stereocenters. The molecular weight excluding hydrogens is 473 g/mol. The van der Waals surface area contributed by atoms with Crippen LogP contribution in [0, 0.1) is 0 Å². The van der Waals surface area contributed by atoms with E-state index in [0.29, 0.717) is 30.5 Å². The molecule has 0 radical (unpaired) electrons. The van der Waals surface area contributed by atoms with Crippen LogP contribution in [0.3, 0.4) is 0 Å². The fraction of sp³-hybridized carbons (Fsp3) is 0.364. The summed E-state index contributed by atoms with van der Waals surface area (Å²) in [5.41, 5.74) is 0.384. The second kappa shape index (κ2) is 12.3. The van der Waals surface area contributed by atoms with Crippen LogP contribution in [-0.4, -0.2) is 45.2 Å². The molecule has 0 aliphatic heterocycles. The zero-order chi connectivity index (χ0) is 24.5. The van der Waals surface area contributed by atoms with Gasteiger partial charge in [0.1, 0.15) is 39.4 Å². The Morgan fingerprint density at radius 3 is 2.24 bits per heavy atom. The fourth-order valence-corrected chi connectivity index (χ4v) is 3.17. The minimum atomic E-state index is -1.52. The number of ether oxygens (including phenoxy) is 4. The number of methoxy groups -OCH3 is 2. The summed E-state index contributed by atoms with van der Waals surface area (Å²) in [6.45, 7) is 5.61. The van der Waals surface area contributed by atoms with E-state index >= 15 is 0 Å². The molecular formula is C22H25Cl2N3O6. The number of anilines is 1. The van der Waals surface area contributed by atoms with Gasteiger partial charge >= 0.3 is 0 Å². The van der Waals surface area contributed by atoms with Crippen LogP contribution < -0.4 is 23.4 Å². The van der Waals surface area contributed by atoms with Gasteiger partial charge in [0.05, 0.1) is 27.4 Å². The van der Waals surface area contributed by atoms with Gasteiger partial charge in [-0.3, -0.25) is 9.59 Å². The molecule has 1 amide bonds. The highest BCUT2D eigenvalue weighted by molar-refractivity contribution is 6.39. The van der Waals surface area contributed by atoms with Gasteiger partial charge in [0, 0.05) is 30.0 Å². The summed E-state index contributed by atoms with van der Waals surface area (Å²) in [4.78, 5) is 25.2. The normalized spacial score (nSPS) is 11.7. The average molecular weight is 498 g/mol. The molecule has 11 heteroatoms.